The maximum atomic E-state index is 12.5. The van der Waals surface area contributed by atoms with Gasteiger partial charge in [0.05, 0.1) is 4.90 Å². The minimum absolute atomic E-state index is 0.0264. The third-order valence-corrected chi connectivity index (χ3v) is 5.76. The first-order valence-electron chi connectivity index (χ1n) is 9.60. The van der Waals surface area contributed by atoms with Crippen molar-refractivity contribution in [3.05, 3.63) is 96.3 Å². The Labute approximate surface area is 184 Å². The number of rotatable bonds is 7. The Bertz CT molecular complexity index is 1320. The van der Waals surface area contributed by atoms with Crippen LogP contribution in [0.15, 0.2) is 94.3 Å². The Morgan fingerprint density at radius 3 is 2.19 bits per heavy atom. The Balaban J connectivity index is 1.39. The zero-order chi connectivity index (χ0) is 22.6. The van der Waals surface area contributed by atoms with E-state index in [1.807, 2.05) is 30.3 Å². The predicted molar refractivity (Wildman–Crippen MR) is 119 cm³/mol. The van der Waals surface area contributed by atoms with Crippen LogP contribution in [0.2, 0.25) is 0 Å². The molecule has 0 radical (unpaired) electrons. The number of aryl methyl sites for hydroxylation is 1. The number of nitrogens with one attached hydrogen (secondary N) is 2. The second-order valence-corrected chi connectivity index (χ2v) is 8.53. The second-order valence-electron chi connectivity index (χ2n) is 6.85. The van der Waals surface area contributed by atoms with Gasteiger partial charge in [-0.2, -0.15) is 0 Å². The van der Waals surface area contributed by atoms with E-state index in [0.717, 1.165) is 0 Å². The molecule has 0 aliphatic rings. The van der Waals surface area contributed by atoms with Crippen molar-refractivity contribution < 1.29 is 22.5 Å². The Morgan fingerprint density at radius 2 is 1.56 bits per heavy atom. The summed E-state index contributed by atoms with van der Waals surface area (Å²) >= 11 is 0. The number of amides is 1. The normalized spacial score (nSPS) is 11.0. The highest BCUT2D eigenvalue weighted by molar-refractivity contribution is 7.92. The van der Waals surface area contributed by atoms with Gasteiger partial charge in [-0.25, -0.2) is 8.42 Å². The first-order valence-corrected chi connectivity index (χ1v) is 11.1. The summed E-state index contributed by atoms with van der Waals surface area (Å²) in [6.45, 7) is 1.66. The van der Waals surface area contributed by atoms with Gasteiger partial charge in [-0.15, -0.1) is 0 Å². The van der Waals surface area contributed by atoms with Crippen molar-refractivity contribution in [2.24, 2.45) is 0 Å². The molecule has 0 aliphatic carbocycles. The third kappa shape index (κ3) is 5.13. The summed E-state index contributed by atoms with van der Waals surface area (Å²) in [4.78, 5) is 12.5. The van der Waals surface area contributed by atoms with Gasteiger partial charge in [-0.1, -0.05) is 23.4 Å². The van der Waals surface area contributed by atoms with Crippen molar-refractivity contribution in [2.45, 2.75) is 11.8 Å². The average Bonchev–Trinajstić information content (AvgIpc) is 3.19. The molecule has 4 rings (SSSR count). The number of sulfonamides is 1. The van der Waals surface area contributed by atoms with Crippen LogP contribution in [0.1, 0.15) is 16.1 Å². The largest absolute Gasteiger partial charge is 0.457 e. The highest BCUT2D eigenvalue weighted by Crippen LogP contribution is 2.22. The van der Waals surface area contributed by atoms with Gasteiger partial charge in [0, 0.05) is 17.3 Å². The quantitative estimate of drug-likeness (QED) is 0.418. The molecule has 0 bridgehead atoms. The lowest BCUT2D eigenvalue weighted by Gasteiger charge is -2.09. The smallest absolute Gasteiger partial charge is 0.263 e. The summed E-state index contributed by atoms with van der Waals surface area (Å²) in [6, 6.07) is 23.3. The van der Waals surface area contributed by atoms with Crippen LogP contribution in [-0.4, -0.2) is 19.5 Å². The molecule has 0 saturated heterocycles. The number of carbonyl (C=O) groups excluding carboxylic acids is 1. The summed E-state index contributed by atoms with van der Waals surface area (Å²) in [6.07, 6.45) is 0. The summed E-state index contributed by atoms with van der Waals surface area (Å²) in [7, 11) is -3.83. The highest BCUT2D eigenvalue weighted by Gasteiger charge is 2.16. The van der Waals surface area contributed by atoms with Crippen LogP contribution in [0.25, 0.3) is 0 Å². The number of ether oxygens (including phenoxy) is 1. The van der Waals surface area contributed by atoms with Gasteiger partial charge in [0.15, 0.2) is 5.82 Å². The van der Waals surface area contributed by atoms with Crippen molar-refractivity contribution in [3.8, 4) is 11.5 Å². The number of carbonyl (C=O) groups is 1. The van der Waals surface area contributed by atoms with Gasteiger partial charge < -0.3 is 14.6 Å². The lowest BCUT2D eigenvalue weighted by molar-refractivity contribution is 0.102. The lowest BCUT2D eigenvalue weighted by Crippen LogP contribution is -2.14. The van der Waals surface area contributed by atoms with Gasteiger partial charge in [-0.05, 0) is 67.6 Å². The maximum absolute atomic E-state index is 12.5. The van der Waals surface area contributed by atoms with Crippen molar-refractivity contribution in [3.63, 3.8) is 0 Å². The zero-order valence-corrected chi connectivity index (χ0v) is 17.8. The fourth-order valence-electron chi connectivity index (χ4n) is 2.83. The second kappa shape index (κ2) is 8.94. The fraction of sp³-hybridized carbons (Fsp3) is 0.0435. The Kier molecular flexibility index (Phi) is 5.91. The molecular weight excluding hydrogens is 430 g/mol. The van der Waals surface area contributed by atoms with Gasteiger partial charge in [0.1, 0.15) is 17.3 Å². The first kappa shape index (κ1) is 21.1. The molecule has 4 aromatic rings. The van der Waals surface area contributed by atoms with Gasteiger partial charge >= 0.3 is 0 Å². The van der Waals surface area contributed by atoms with E-state index in [1.165, 1.54) is 30.3 Å². The topological polar surface area (TPSA) is 111 Å². The molecule has 8 nitrogen and oxygen atoms in total. The number of nitrogens with zero attached hydrogens (tertiary/aromatic N) is 1. The molecule has 0 unspecified atom stereocenters. The molecule has 0 atom stereocenters. The molecule has 3 aromatic carbocycles. The van der Waals surface area contributed by atoms with Gasteiger partial charge in [-0.3, -0.25) is 9.52 Å². The summed E-state index contributed by atoms with van der Waals surface area (Å²) in [5, 5.41) is 6.35. The van der Waals surface area contributed by atoms with E-state index in [4.69, 9.17) is 9.26 Å². The maximum Gasteiger partial charge on any atom is 0.263 e. The highest BCUT2D eigenvalue weighted by atomic mass is 32.2. The third-order valence-electron chi connectivity index (χ3n) is 4.38. The number of aromatic nitrogens is 1. The van der Waals surface area contributed by atoms with Gasteiger partial charge in [0.25, 0.3) is 15.9 Å². The fourth-order valence-corrected chi connectivity index (χ4v) is 3.81. The van der Waals surface area contributed by atoms with E-state index in [2.05, 4.69) is 15.2 Å². The Morgan fingerprint density at radius 1 is 0.906 bits per heavy atom. The molecule has 0 saturated carbocycles. The van der Waals surface area contributed by atoms with Crippen LogP contribution >= 0.6 is 0 Å². The minimum Gasteiger partial charge on any atom is -0.457 e. The summed E-state index contributed by atoms with van der Waals surface area (Å²) < 4.78 is 37.8. The molecule has 162 valence electrons. The molecule has 2 N–H and O–H groups in total. The summed E-state index contributed by atoms with van der Waals surface area (Å²) in [5.74, 6) is 1.56. The van der Waals surface area contributed by atoms with E-state index < -0.39 is 10.0 Å². The van der Waals surface area contributed by atoms with Crippen molar-refractivity contribution in [1.29, 1.82) is 0 Å². The van der Waals surface area contributed by atoms with E-state index in [0.29, 0.717) is 28.5 Å². The Hall–Kier alpha value is -4.11. The molecule has 32 heavy (non-hydrogen) atoms. The van der Waals surface area contributed by atoms with Crippen LogP contribution in [0.3, 0.4) is 0 Å². The predicted octanol–water partition coefficient (Wildman–Crippen LogP) is 4.83. The van der Waals surface area contributed by atoms with Crippen LogP contribution in [0.5, 0.6) is 11.5 Å². The molecule has 9 heteroatoms. The molecular formula is C23H19N3O5S. The molecule has 0 fully saturated rings. The van der Waals surface area contributed by atoms with E-state index in [9.17, 15) is 13.2 Å². The van der Waals surface area contributed by atoms with Gasteiger partial charge in [0.2, 0.25) is 0 Å². The molecule has 1 amide bonds. The molecule has 1 aromatic heterocycles. The number of anilines is 2. The molecule has 0 spiro atoms. The minimum atomic E-state index is -3.83. The zero-order valence-electron chi connectivity index (χ0n) is 17.0. The van der Waals surface area contributed by atoms with Crippen LogP contribution in [-0.2, 0) is 10.0 Å². The lowest BCUT2D eigenvalue weighted by atomic mass is 10.2. The van der Waals surface area contributed by atoms with Crippen molar-refractivity contribution in [2.75, 3.05) is 10.0 Å². The van der Waals surface area contributed by atoms with Crippen LogP contribution < -0.4 is 14.8 Å². The number of para-hydroxylation sites is 1. The van der Waals surface area contributed by atoms with Crippen molar-refractivity contribution in [1.82, 2.24) is 5.16 Å². The number of hydrogen-bond donors (Lipinski definition) is 2. The number of hydrogen-bond acceptors (Lipinski definition) is 6. The number of benzene rings is 3. The van der Waals surface area contributed by atoms with Crippen molar-refractivity contribution >= 4 is 27.4 Å². The van der Waals surface area contributed by atoms with Crippen LogP contribution in [0, 0.1) is 6.92 Å². The van der Waals surface area contributed by atoms with Crippen LogP contribution in [0.4, 0.5) is 11.5 Å². The molecule has 1 heterocycles. The van der Waals surface area contributed by atoms with E-state index >= 15 is 0 Å². The molecule has 0 aliphatic heterocycles. The summed E-state index contributed by atoms with van der Waals surface area (Å²) in [5.41, 5.74) is 0.890. The van der Waals surface area contributed by atoms with E-state index in [1.54, 1.807) is 31.2 Å². The first-order chi connectivity index (χ1) is 15.4. The monoisotopic (exact) mass is 449 g/mol. The average molecular weight is 449 g/mol. The standard InChI is InChI=1S/C23H19N3O5S/c1-16-15-22(25-31-16)26-32(28,29)21-13-9-18(10-14-21)24-23(27)17-7-11-20(12-8-17)30-19-5-3-2-4-6-19/h2-15H,1H3,(H,24,27)(H,25,26). The van der Waals surface area contributed by atoms with E-state index in [-0.39, 0.29) is 16.6 Å². The SMILES string of the molecule is Cc1cc(NS(=O)(=O)c2ccc(NC(=O)c3ccc(Oc4ccccc4)cc3)cc2)no1.